The normalized spacial score (nSPS) is 11.4. The van der Waals surface area contributed by atoms with E-state index in [1.165, 1.54) is 6.07 Å². The third-order valence-electron chi connectivity index (χ3n) is 1.38. The van der Waals surface area contributed by atoms with Crippen LogP contribution in [-0.2, 0) is 9.05 Å². The fraction of sp³-hybridized carbons (Fsp3) is 0. The maximum atomic E-state index is 10.9. The van der Waals surface area contributed by atoms with Crippen molar-refractivity contribution in [3.63, 3.8) is 0 Å². The van der Waals surface area contributed by atoms with E-state index in [1.807, 2.05) is 0 Å². The lowest BCUT2D eigenvalue weighted by Gasteiger charge is -1.99. The van der Waals surface area contributed by atoms with Crippen molar-refractivity contribution in [3.05, 3.63) is 28.8 Å². The molecule has 1 rings (SSSR count). The molecule has 0 N–H and O–H groups in total. The minimum Gasteiger partial charge on any atom is -0.276 e. The highest BCUT2D eigenvalue weighted by Crippen LogP contribution is 2.22. The average molecular weight is 274 g/mol. The molecule has 0 radical (unpaired) electrons. The van der Waals surface area contributed by atoms with Gasteiger partial charge in [0.1, 0.15) is 0 Å². The van der Waals surface area contributed by atoms with E-state index in [9.17, 15) is 13.2 Å². The highest BCUT2D eigenvalue weighted by atomic mass is 35.7. The lowest BCUT2D eigenvalue weighted by molar-refractivity contribution is 0.108. The third kappa shape index (κ3) is 2.85. The van der Waals surface area contributed by atoms with Gasteiger partial charge in [0.2, 0.25) is 0 Å². The monoisotopic (exact) mass is 272 g/mol. The predicted octanol–water partition coefficient (Wildman–Crippen LogP) is 2.65. The molecule has 76 valence electrons. The van der Waals surface area contributed by atoms with Crippen molar-refractivity contribution in [1.82, 2.24) is 0 Å². The maximum Gasteiger partial charge on any atom is 0.261 e. The first kappa shape index (κ1) is 11.8. The van der Waals surface area contributed by atoms with Gasteiger partial charge in [0.25, 0.3) is 14.3 Å². The Morgan fingerprint density at radius 1 is 1.21 bits per heavy atom. The summed E-state index contributed by atoms with van der Waals surface area (Å²) in [6.07, 6.45) is 0. The second kappa shape index (κ2) is 4.06. The van der Waals surface area contributed by atoms with Gasteiger partial charge in [-0.15, -0.1) is 0 Å². The fourth-order valence-electron chi connectivity index (χ4n) is 0.817. The molecule has 14 heavy (non-hydrogen) atoms. The highest BCUT2D eigenvalue weighted by molar-refractivity contribution is 8.13. The van der Waals surface area contributed by atoms with Crippen LogP contribution in [0.1, 0.15) is 10.4 Å². The van der Waals surface area contributed by atoms with E-state index in [2.05, 4.69) is 0 Å². The molecular weight excluding hydrogens is 271 g/mol. The first-order valence-electron chi connectivity index (χ1n) is 3.26. The van der Waals surface area contributed by atoms with E-state index in [4.69, 9.17) is 33.9 Å². The molecule has 1 aromatic carbocycles. The summed E-state index contributed by atoms with van der Waals surface area (Å²) in [5.41, 5.74) is -0.0154. The summed E-state index contributed by atoms with van der Waals surface area (Å²) in [5.74, 6) is 0. The van der Waals surface area contributed by atoms with Crippen molar-refractivity contribution >= 4 is 48.2 Å². The number of carbonyl (C=O) groups is 1. The Morgan fingerprint density at radius 2 is 1.79 bits per heavy atom. The molecule has 0 spiro atoms. The molecule has 0 saturated heterocycles. The minimum atomic E-state index is -3.90. The van der Waals surface area contributed by atoms with Crippen molar-refractivity contribution in [2.24, 2.45) is 0 Å². The zero-order chi connectivity index (χ0) is 10.9. The number of benzene rings is 1. The first-order valence-corrected chi connectivity index (χ1v) is 6.32. The average Bonchev–Trinajstić information content (AvgIpc) is 2.01. The van der Waals surface area contributed by atoms with Crippen molar-refractivity contribution in [3.8, 4) is 0 Å². The third-order valence-corrected chi connectivity index (χ3v) is 3.15. The van der Waals surface area contributed by atoms with E-state index >= 15 is 0 Å². The van der Waals surface area contributed by atoms with Crippen LogP contribution in [0.15, 0.2) is 23.1 Å². The van der Waals surface area contributed by atoms with Gasteiger partial charge >= 0.3 is 0 Å². The zero-order valence-corrected chi connectivity index (χ0v) is 9.58. The Kier molecular flexibility index (Phi) is 3.42. The number of hydrogen-bond acceptors (Lipinski definition) is 3. The van der Waals surface area contributed by atoms with Gasteiger partial charge in [-0.25, -0.2) is 8.42 Å². The van der Waals surface area contributed by atoms with Crippen LogP contribution in [0.4, 0.5) is 0 Å². The molecule has 0 saturated carbocycles. The van der Waals surface area contributed by atoms with E-state index in [0.29, 0.717) is 0 Å². The van der Waals surface area contributed by atoms with Crippen LogP contribution in [0.5, 0.6) is 0 Å². The van der Waals surface area contributed by atoms with Crippen LogP contribution in [0.3, 0.4) is 0 Å². The van der Waals surface area contributed by atoms with Gasteiger partial charge in [-0.3, -0.25) is 4.79 Å². The van der Waals surface area contributed by atoms with Crippen molar-refractivity contribution < 1.29 is 13.2 Å². The lowest BCUT2D eigenvalue weighted by Crippen LogP contribution is -1.95. The number of halogens is 3. The van der Waals surface area contributed by atoms with Gasteiger partial charge in [-0.1, -0.05) is 11.6 Å². The number of rotatable bonds is 2. The summed E-state index contributed by atoms with van der Waals surface area (Å²) in [6.45, 7) is 0. The van der Waals surface area contributed by atoms with Gasteiger partial charge in [0, 0.05) is 21.3 Å². The summed E-state index contributed by atoms with van der Waals surface area (Å²) >= 11 is 10.7. The van der Waals surface area contributed by atoms with Gasteiger partial charge in [-0.2, -0.15) is 0 Å². The topological polar surface area (TPSA) is 51.2 Å². The van der Waals surface area contributed by atoms with Crippen LogP contribution in [0.2, 0.25) is 5.02 Å². The molecule has 0 aliphatic carbocycles. The highest BCUT2D eigenvalue weighted by Gasteiger charge is 2.14. The molecule has 1 aromatic rings. The summed E-state index contributed by atoms with van der Waals surface area (Å²) in [6, 6.07) is 3.44. The molecule has 0 aliphatic rings. The molecule has 0 aromatic heterocycles. The standard InChI is InChI=1S/C7H3Cl3O3S/c8-5-1-4(7(9)11)2-6(3-5)14(10,12)13/h1-3H. The van der Waals surface area contributed by atoms with Gasteiger partial charge < -0.3 is 0 Å². The molecule has 0 atom stereocenters. The van der Waals surface area contributed by atoms with E-state index < -0.39 is 14.3 Å². The van der Waals surface area contributed by atoms with E-state index in [0.717, 1.165) is 12.1 Å². The van der Waals surface area contributed by atoms with E-state index in [-0.39, 0.29) is 15.5 Å². The largest absolute Gasteiger partial charge is 0.276 e. The van der Waals surface area contributed by atoms with Crippen molar-refractivity contribution in [2.45, 2.75) is 4.90 Å². The fourth-order valence-corrected chi connectivity index (χ4v) is 2.03. The van der Waals surface area contributed by atoms with Gasteiger partial charge in [0.15, 0.2) is 0 Å². The molecule has 0 fully saturated rings. The first-order chi connectivity index (χ1) is 6.30. The quantitative estimate of drug-likeness (QED) is 0.778. The number of carbonyl (C=O) groups excluding carboxylic acids is 1. The molecule has 0 bridgehead atoms. The Balaban J connectivity index is 3.43. The van der Waals surface area contributed by atoms with Crippen molar-refractivity contribution in [1.29, 1.82) is 0 Å². The summed E-state index contributed by atoms with van der Waals surface area (Å²) in [5, 5.41) is -0.718. The second-order valence-corrected chi connectivity index (χ2v) is 5.73. The molecule has 7 heteroatoms. The summed E-state index contributed by atoms with van der Waals surface area (Å²) in [7, 11) is 1.16. The van der Waals surface area contributed by atoms with Crippen LogP contribution < -0.4 is 0 Å². The summed E-state index contributed by atoms with van der Waals surface area (Å²) < 4.78 is 21.8. The molecule has 3 nitrogen and oxygen atoms in total. The maximum absolute atomic E-state index is 10.9. The Morgan fingerprint density at radius 3 is 2.21 bits per heavy atom. The van der Waals surface area contributed by atoms with Crippen LogP contribution in [0.25, 0.3) is 0 Å². The lowest BCUT2D eigenvalue weighted by atomic mass is 10.2. The molecule has 0 amide bonds. The van der Waals surface area contributed by atoms with Crippen LogP contribution in [0, 0.1) is 0 Å². The van der Waals surface area contributed by atoms with Crippen LogP contribution >= 0.6 is 33.9 Å². The minimum absolute atomic E-state index is 0.0154. The Labute approximate surface area is 95.0 Å². The molecule has 0 heterocycles. The van der Waals surface area contributed by atoms with Gasteiger partial charge in [0.05, 0.1) is 4.90 Å². The van der Waals surface area contributed by atoms with Gasteiger partial charge in [-0.05, 0) is 29.8 Å². The number of hydrogen-bond donors (Lipinski definition) is 0. The zero-order valence-electron chi connectivity index (χ0n) is 6.50. The summed E-state index contributed by atoms with van der Waals surface area (Å²) in [4.78, 5) is 10.5. The van der Waals surface area contributed by atoms with Crippen molar-refractivity contribution in [2.75, 3.05) is 0 Å². The molecule has 0 unspecified atom stereocenters. The SMILES string of the molecule is O=C(Cl)c1cc(Cl)cc(S(=O)(=O)Cl)c1. The predicted molar refractivity (Wildman–Crippen MR) is 54.7 cm³/mol. The molecule has 0 aliphatic heterocycles. The Hall–Kier alpha value is -0.290. The van der Waals surface area contributed by atoms with E-state index in [1.54, 1.807) is 0 Å². The second-order valence-electron chi connectivity index (χ2n) is 2.39. The smallest absolute Gasteiger partial charge is 0.261 e. The molecular formula is C7H3Cl3O3S. The van der Waals surface area contributed by atoms with Crippen LogP contribution in [-0.4, -0.2) is 13.7 Å². The Bertz CT molecular complexity index is 481.